The fourth-order valence-corrected chi connectivity index (χ4v) is 2.79. The molecule has 152 valence electrons. The highest BCUT2D eigenvalue weighted by atomic mass is 35.5. The second kappa shape index (κ2) is 9.82. The predicted molar refractivity (Wildman–Crippen MR) is 119 cm³/mol. The molecule has 3 aromatic carbocycles. The van der Waals surface area contributed by atoms with Crippen LogP contribution in [0.5, 0.6) is 0 Å². The highest BCUT2D eigenvalue weighted by Gasteiger charge is 2.10. The number of hydrazine groups is 1. The maximum absolute atomic E-state index is 13.0. The molecule has 0 aliphatic heterocycles. The Labute approximate surface area is 182 Å². The number of carbonyl (C=O) groups is 2. The summed E-state index contributed by atoms with van der Waals surface area (Å²) < 4.78 is 13.0. The van der Waals surface area contributed by atoms with E-state index >= 15 is 0 Å². The summed E-state index contributed by atoms with van der Waals surface area (Å²) in [7, 11) is 0. The molecule has 3 rings (SSSR count). The number of amides is 2. The van der Waals surface area contributed by atoms with Gasteiger partial charge in [-0.2, -0.15) is 0 Å². The van der Waals surface area contributed by atoms with Crippen LogP contribution in [-0.2, 0) is 0 Å². The van der Waals surface area contributed by atoms with E-state index in [4.69, 9.17) is 23.8 Å². The SMILES string of the molecule is O=C(NNC(=S)Nc1ccccc1Cl)c1cccc(NC(=O)c2ccc(F)cc2)c1. The first kappa shape index (κ1) is 21.2. The zero-order valence-corrected chi connectivity index (χ0v) is 17.0. The topological polar surface area (TPSA) is 82.3 Å². The second-order valence-corrected chi connectivity index (χ2v) is 6.87. The molecule has 0 unspecified atom stereocenters. The fourth-order valence-electron chi connectivity index (χ4n) is 2.44. The molecular weight excluding hydrogens is 427 g/mol. The van der Waals surface area contributed by atoms with Crippen molar-refractivity contribution in [1.29, 1.82) is 0 Å². The second-order valence-electron chi connectivity index (χ2n) is 6.05. The number of nitrogens with one attached hydrogen (secondary N) is 4. The van der Waals surface area contributed by atoms with Crippen molar-refractivity contribution in [3.63, 3.8) is 0 Å². The molecule has 0 spiro atoms. The Bertz CT molecular complexity index is 1090. The summed E-state index contributed by atoms with van der Waals surface area (Å²) in [5.41, 5.74) is 6.65. The summed E-state index contributed by atoms with van der Waals surface area (Å²) in [6.07, 6.45) is 0. The van der Waals surface area contributed by atoms with Gasteiger partial charge in [-0.05, 0) is 66.8 Å². The minimum absolute atomic E-state index is 0.150. The lowest BCUT2D eigenvalue weighted by atomic mass is 10.1. The molecule has 3 aromatic rings. The van der Waals surface area contributed by atoms with E-state index < -0.39 is 17.6 Å². The Balaban J connectivity index is 1.57. The quantitative estimate of drug-likeness (QED) is 0.356. The molecular formula is C21H16ClFN4O2S. The third-order valence-corrected chi connectivity index (χ3v) is 4.43. The average molecular weight is 443 g/mol. The van der Waals surface area contributed by atoms with Crippen molar-refractivity contribution in [3.8, 4) is 0 Å². The van der Waals surface area contributed by atoms with Crippen LogP contribution in [-0.4, -0.2) is 16.9 Å². The first-order chi connectivity index (χ1) is 14.4. The smallest absolute Gasteiger partial charge is 0.269 e. The van der Waals surface area contributed by atoms with Crippen molar-refractivity contribution in [2.45, 2.75) is 0 Å². The van der Waals surface area contributed by atoms with Crippen molar-refractivity contribution in [1.82, 2.24) is 10.9 Å². The van der Waals surface area contributed by atoms with E-state index in [0.717, 1.165) is 0 Å². The van der Waals surface area contributed by atoms with E-state index in [1.165, 1.54) is 30.3 Å². The summed E-state index contributed by atoms with van der Waals surface area (Å²) in [5.74, 6) is -1.31. The summed E-state index contributed by atoms with van der Waals surface area (Å²) in [5, 5.41) is 6.16. The Morgan fingerprint density at radius 2 is 1.53 bits per heavy atom. The molecule has 0 saturated heterocycles. The molecule has 0 aromatic heterocycles. The minimum Gasteiger partial charge on any atom is -0.330 e. The number of halogens is 2. The molecule has 0 aliphatic rings. The van der Waals surface area contributed by atoms with E-state index in [2.05, 4.69) is 21.5 Å². The summed E-state index contributed by atoms with van der Waals surface area (Å²) in [4.78, 5) is 24.6. The molecule has 0 saturated carbocycles. The van der Waals surface area contributed by atoms with Gasteiger partial charge in [0.25, 0.3) is 11.8 Å². The van der Waals surface area contributed by atoms with E-state index in [9.17, 15) is 14.0 Å². The number of hydrogen-bond donors (Lipinski definition) is 4. The van der Waals surface area contributed by atoms with E-state index in [0.29, 0.717) is 27.5 Å². The van der Waals surface area contributed by atoms with E-state index in [1.807, 2.05) is 0 Å². The van der Waals surface area contributed by atoms with Crippen LogP contribution < -0.4 is 21.5 Å². The molecule has 2 amide bonds. The number of hydrogen-bond acceptors (Lipinski definition) is 3. The van der Waals surface area contributed by atoms with Crippen LogP contribution in [0.1, 0.15) is 20.7 Å². The number of para-hydroxylation sites is 1. The Morgan fingerprint density at radius 1 is 0.800 bits per heavy atom. The molecule has 0 fully saturated rings. The van der Waals surface area contributed by atoms with Gasteiger partial charge in [0.2, 0.25) is 0 Å². The Hall–Kier alpha value is -3.49. The summed E-state index contributed by atoms with van der Waals surface area (Å²) >= 11 is 11.2. The minimum atomic E-state index is -0.462. The maximum Gasteiger partial charge on any atom is 0.269 e. The number of carbonyl (C=O) groups excluding carboxylic acids is 2. The lowest BCUT2D eigenvalue weighted by Gasteiger charge is -2.13. The first-order valence-corrected chi connectivity index (χ1v) is 9.50. The molecule has 0 aliphatic carbocycles. The van der Waals surface area contributed by atoms with Gasteiger partial charge in [-0.15, -0.1) is 0 Å². The van der Waals surface area contributed by atoms with Crippen LogP contribution in [0, 0.1) is 5.82 Å². The third kappa shape index (κ3) is 5.76. The fraction of sp³-hybridized carbons (Fsp3) is 0. The van der Waals surface area contributed by atoms with E-state index in [-0.39, 0.29) is 5.11 Å². The highest BCUT2D eigenvalue weighted by molar-refractivity contribution is 7.80. The van der Waals surface area contributed by atoms with Gasteiger partial charge >= 0.3 is 0 Å². The molecule has 6 nitrogen and oxygen atoms in total. The van der Waals surface area contributed by atoms with Gasteiger partial charge < -0.3 is 10.6 Å². The molecule has 0 radical (unpaired) electrons. The normalized spacial score (nSPS) is 10.1. The predicted octanol–water partition coefficient (Wildman–Crippen LogP) is 4.36. The summed E-state index contributed by atoms with van der Waals surface area (Å²) in [6.45, 7) is 0. The van der Waals surface area contributed by atoms with Crippen LogP contribution in [0.3, 0.4) is 0 Å². The number of thiocarbonyl (C=S) groups is 1. The van der Waals surface area contributed by atoms with Crippen LogP contribution in [0.4, 0.5) is 15.8 Å². The van der Waals surface area contributed by atoms with Crippen molar-refractivity contribution in [3.05, 3.63) is 94.8 Å². The van der Waals surface area contributed by atoms with Gasteiger partial charge in [0.05, 0.1) is 10.7 Å². The molecule has 4 N–H and O–H groups in total. The monoisotopic (exact) mass is 442 g/mol. The first-order valence-electron chi connectivity index (χ1n) is 8.71. The number of rotatable bonds is 4. The van der Waals surface area contributed by atoms with Gasteiger partial charge in [-0.25, -0.2) is 4.39 Å². The summed E-state index contributed by atoms with van der Waals surface area (Å²) in [6, 6.07) is 18.5. The zero-order chi connectivity index (χ0) is 21.5. The van der Waals surface area contributed by atoms with Crippen molar-refractivity contribution in [2.75, 3.05) is 10.6 Å². The maximum atomic E-state index is 13.0. The van der Waals surface area contributed by atoms with Gasteiger partial charge in [-0.3, -0.25) is 20.4 Å². The van der Waals surface area contributed by atoms with Gasteiger partial charge in [0, 0.05) is 16.8 Å². The van der Waals surface area contributed by atoms with Crippen molar-refractivity contribution >= 4 is 52.1 Å². The lowest BCUT2D eigenvalue weighted by Crippen LogP contribution is -2.43. The Kier molecular flexibility index (Phi) is 6.95. The van der Waals surface area contributed by atoms with Crippen molar-refractivity contribution < 1.29 is 14.0 Å². The lowest BCUT2D eigenvalue weighted by molar-refractivity contribution is 0.0943. The molecule has 0 bridgehead atoms. The largest absolute Gasteiger partial charge is 0.330 e. The van der Waals surface area contributed by atoms with Crippen LogP contribution in [0.2, 0.25) is 5.02 Å². The molecule has 9 heteroatoms. The van der Waals surface area contributed by atoms with Crippen LogP contribution in [0.25, 0.3) is 0 Å². The van der Waals surface area contributed by atoms with Crippen LogP contribution in [0.15, 0.2) is 72.8 Å². The van der Waals surface area contributed by atoms with Gasteiger partial charge in [0.15, 0.2) is 5.11 Å². The number of benzene rings is 3. The molecule has 0 heterocycles. The zero-order valence-electron chi connectivity index (χ0n) is 15.4. The molecule has 30 heavy (non-hydrogen) atoms. The molecule has 0 atom stereocenters. The van der Waals surface area contributed by atoms with E-state index in [1.54, 1.807) is 42.5 Å². The highest BCUT2D eigenvalue weighted by Crippen LogP contribution is 2.20. The average Bonchev–Trinajstić information content (AvgIpc) is 2.74. The third-order valence-electron chi connectivity index (χ3n) is 3.90. The Morgan fingerprint density at radius 3 is 2.27 bits per heavy atom. The van der Waals surface area contributed by atoms with Crippen LogP contribution >= 0.6 is 23.8 Å². The number of anilines is 2. The van der Waals surface area contributed by atoms with Crippen molar-refractivity contribution in [2.24, 2.45) is 0 Å². The van der Waals surface area contributed by atoms with Gasteiger partial charge in [-0.1, -0.05) is 29.8 Å². The standard InChI is InChI=1S/C21H16ClFN4O2S/c22-17-6-1-2-7-18(17)25-21(30)27-26-20(29)14-4-3-5-16(12-14)24-19(28)13-8-10-15(23)11-9-13/h1-12H,(H,24,28)(H,26,29)(H2,25,27,30). The van der Waals surface area contributed by atoms with Gasteiger partial charge in [0.1, 0.15) is 5.82 Å².